The van der Waals surface area contributed by atoms with Gasteiger partial charge in [-0.15, -0.1) is 0 Å². The van der Waals surface area contributed by atoms with Crippen LogP contribution in [0.2, 0.25) is 0 Å². The SMILES string of the molecule is Cc1cc(C(=O)NC2CCC(Nc3cc(N(C)C)c4ccccc4n3)CC2)cc(C)c1[N+](=O)[O-]. The first-order valence-electron chi connectivity index (χ1n) is 11.6. The number of fused-ring (bicyclic) bond motifs is 1. The van der Waals surface area contributed by atoms with Gasteiger partial charge in [0.25, 0.3) is 11.6 Å². The molecule has 2 N–H and O–H groups in total. The molecule has 34 heavy (non-hydrogen) atoms. The Morgan fingerprint density at radius 2 is 1.65 bits per heavy atom. The first-order chi connectivity index (χ1) is 16.2. The third-order valence-electron chi connectivity index (χ3n) is 6.53. The van der Waals surface area contributed by atoms with E-state index in [1.807, 2.05) is 32.3 Å². The largest absolute Gasteiger partial charge is 0.377 e. The van der Waals surface area contributed by atoms with Gasteiger partial charge in [-0.25, -0.2) is 4.98 Å². The predicted octanol–water partition coefficient (Wildman–Crippen LogP) is 4.98. The van der Waals surface area contributed by atoms with E-state index in [4.69, 9.17) is 4.98 Å². The van der Waals surface area contributed by atoms with Crippen LogP contribution < -0.4 is 15.5 Å². The normalized spacial score (nSPS) is 17.9. The summed E-state index contributed by atoms with van der Waals surface area (Å²) in [6, 6.07) is 13.8. The topological polar surface area (TPSA) is 100 Å². The molecule has 0 spiro atoms. The van der Waals surface area contributed by atoms with Crippen LogP contribution >= 0.6 is 0 Å². The van der Waals surface area contributed by atoms with Gasteiger partial charge in [-0.2, -0.15) is 0 Å². The van der Waals surface area contributed by atoms with Crippen molar-refractivity contribution in [2.24, 2.45) is 0 Å². The van der Waals surface area contributed by atoms with Crippen LogP contribution in [-0.4, -0.2) is 42.0 Å². The van der Waals surface area contributed by atoms with Crippen molar-refractivity contribution in [2.45, 2.75) is 51.6 Å². The molecule has 8 heteroatoms. The molecule has 2 aromatic carbocycles. The summed E-state index contributed by atoms with van der Waals surface area (Å²) >= 11 is 0. The molecule has 4 rings (SSSR count). The van der Waals surface area contributed by atoms with Crippen molar-refractivity contribution in [3.8, 4) is 0 Å². The number of aromatic nitrogens is 1. The van der Waals surface area contributed by atoms with Crippen LogP contribution in [0.15, 0.2) is 42.5 Å². The number of carbonyl (C=O) groups is 1. The molecule has 1 saturated carbocycles. The lowest BCUT2D eigenvalue weighted by molar-refractivity contribution is -0.386. The Kier molecular flexibility index (Phi) is 6.68. The van der Waals surface area contributed by atoms with Crippen LogP contribution in [0.4, 0.5) is 17.2 Å². The lowest BCUT2D eigenvalue weighted by Gasteiger charge is -2.30. The second kappa shape index (κ2) is 9.67. The number of hydrogen-bond donors (Lipinski definition) is 2. The number of para-hydroxylation sites is 1. The quantitative estimate of drug-likeness (QED) is 0.397. The standard InChI is InChI=1S/C26H31N5O3/c1-16-13-18(14-17(2)25(16)31(33)34)26(32)28-20-11-9-19(10-12-20)27-24-15-23(30(3)4)21-7-5-6-8-22(21)29-24/h5-8,13-15,19-20H,9-12H2,1-4H3,(H,27,29)(H,28,32). The number of benzene rings is 2. The molecule has 178 valence electrons. The summed E-state index contributed by atoms with van der Waals surface area (Å²) in [5.41, 5.74) is 3.64. The Labute approximate surface area is 199 Å². The summed E-state index contributed by atoms with van der Waals surface area (Å²) < 4.78 is 0. The number of rotatable bonds is 6. The average Bonchev–Trinajstić information content (AvgIpc) is 2.79. The second-order valence-electron chi connectivity index (χ2n) is 9.32. The predicted molar refractivity (Wildman–Crippen MR) is 136 cm³/mol. The molecule has 1 aromatic heterocycles. The summed E-state index contributed by atoms with van der Waals surface area (Å²) in [7, 11) is 4.07. The van der Waals surface area contributed by atoms with Gasteiger partial charge < -0.3 is 15.5 Å². The number of nitrogens with zero attached hydrogens (tertiary/aromatic N) is 3. The highest BCUT2D eigenvalue weighted by Crippen LogP contribution is 2.30. The molecule has 8 nitrogen and oxygen atoms in total. The second-order valence-corrected chi connectivity index (χ2v) is 9.32. The number of carbonyl (C=O) groups excluding carboxylic acids is 1. The molecule has 0 saturated heterocycles. The Balaban J connectivity index is 1.38. The fourth-order valence-electron chi connectivity index (χ4n) is 4.84. The molecule has 1 fully saturated rings. The maximum absolute atomic E-state index is 12.8. The number of amides is 1. The van der Waals surface area contributed by atoms with Crippen molar-refractivity contribution >= 4 is 34.0 Å². The van der Waals surface area contributed by atoms with Gasteiger partial charge in [-0.05, 0) is 57.7 Å². The minimum atomic E-state index is -0.396. The van der Waals surface area contributed by atoms with Crippen molar-refractivity contribution in [1.82, 2.24) is 10.3 Å². The number of nitrogens with one attached hydrogen (secondary N) is 2. The Bertz CT molecular complexity index is 1210. The van der Waals surface area contributed by atoms with Crippen LogP contribution in [0, 0.1) is 24.0 Å². The summed E-state index contributed by atoms with van der Waals surface area (Å²) in [6.07, 6.45) is 3.58. The average molecular weight is 462 g/mol. The number of nitro benzene ring substituents is 1. The van der Waals surface area contributed by atoms with Crippen molar-refractivity contribution in [3.63, 3.8) is 0 Å². The summed E-state index contributed by atoms with van der Waals surface area (Å²) in [5, 5.41) is 19.0. The van der Waals surface area contributed by atoms with E-state index in [1.54, 1.807) is 26.0 Å². The van der Waals surface area contributed by atoms with E-state index in [0.29, 0.717) is 22.7 Å². The summed E-state index contributed by atoms with van der Waals surface area (Å²) in [5.74, 6) is 0.691. The fraction of sp³-hybridized carbons (Fsp3) is 0.385. The van der Waals surface area contributed by atoms with E-state index in [0.717, 1.165) is 48.1 Å². The van der Waals surface area contributed by atoms with Crippen LogP contribution in [0.3, 0.4) is 0 Å². The number of pyridine rings is 1. The third-order valence-corrected chi connectivity index (χ3v) is 6.53. The smallest absolute Gasteiger partial charge is 0.275 e. The number of hydrogen-bond acceptors (Lipinski definition) is 6. The number of aryl methyl sites for hydroxylation is 2. The van der Waals surface area contributed by atoms with Gasteiger partial charge in [0.15, 0.2) is 0 Å². The third kappa shape index (κ3) is 4.95. The van der Waals surface area contributed by atoms with Gasteiger partial charge in [-0.1, -0.05) is 18.2 Å². The van der Waals surface area contributed by atoms with Gasteiger partial charge in [0.1, 0.15) is 5.82 Å². The molecule has 1 amide bonds. The van der Waals surface area contributed by atoms with E-state index in [-0.39, 0.29) is 17.6 Å². The summed E-state index contributed by atoms with van der Waals surface area (Å²) in [4.78, 5) is 30.5. The van der Waals surface area contributed by atoms with Crippen molar-refractivity contribution in [3.05, 3.63) is 69.3 Å². The highest BCUT2D eigenvalue weighted by Gasteiger charge is 2.25. The molecule has 1 aliphatic carbocycles. The van der Waals surface area contributed by atoms with Crippen molar-refractivity contribution < 1.29 is 9.72 Å². The molecule has 3 aromatic rings. The lowest BCUT2D eigenvalue weighted by atomic mass is 9.90. The van der Waals surface area contributed by atoms with Gasteiger partial charge in [-0.3, -0.25) is 14.9 Å². The van der Waals surface area contributed by atoms with Crippen LogP contribution in [-0.2, 0) is 0 Å². The molecule has 0 radical (unpaired) electrons. The van der Waals surface area contributed by atoms with Gasteiger partial charge >= 0.3 is 0 Å². The Morgan fingerprint density at radius 1 is 1.03 bits per heavy atom. The van der Waals surface area contributed by atoms with Gasteiger partial charge in [0.2, 0.25) is 0 Å². The Hall–Kier alpha value is -3.68. The number of nitro groups is 1. The maximum atomic E-state index is 12.8. The summed E-state index contributed by atoms with van der Waals surface area (Å²) in [6.45, 7) is 3.34. The van der Waals surface area contributed by atoms with Crippen molar-refractivity contribution in [2.75, 3.05) is 24.3 Å². The molecule has 1 heterocycles. The highest BCUT2D eigenvalue weighted by atomic mass is 16.6. The van der Waals surface area contributed by atoms with Crippen LogP contribution in [0.5, 0.6) is 0 Å². The fourth-order valence-corrected chi connectivity index (χ4v) is 4.84. The maximum Gasteiger partial charge on any atom is 0.275 e. The molecular weight excluding hydrogens is 430 g/mol. The van der Waals surface area contributed by atoms with E-state index in [1.165, 1.54) is 0 Å². The first kappa shape index (κ1) is 23.5. The Morgan fingerprint density at radius 3 is 2.26 bits per heavy atom. The molecule has 0 bridgehead atoms. The number of anilines is 2. The molecule has 1 aliphatic rings. The van der Waals surface area contributed by atoms with E-state index in [2.05, 4.69) is 27.7 Å². The van der Waals surface area contributed by atoms with E-state index in [9.17, 15) is 14.9 Å². The first-order valence-corrected chi connectivity index (χ1v) is 11.6. The molecule has 0 aliphatic heterocycles. The molecular formula is C26H31N5O3. The van der Waals surface area contributed by atoms with Crippen LogP contribution in [0.1, 0.15) is 47.2 Å². The zero-order valence-corrected chi connectivity index (χ0v) is 20.1. The minimum Gasteiger partial charge on any atom is -0.377 e. The molecule has 0 atom stereocenters. The minimum absolute atomic E-state index is 0.0721. The van der Waals surface area contributed by atoms with Crippen molar-refractivity contribution in [1.29, 1.82) is 0 Å². The zero-order chi connectivity index (χ0) is 24.4. The van der Waals surface area contributed by atoms with Gasteiger partial charge in [0, 0.05) is 60.0 Å². The zero-order valence-electron chi connectivity index (χ0n) is 20.1. The molecule has 0 unspecified atom stereocenters. The van der Waals surface area contributed by atoms with E-state index >= 15 is 0 Å². The lowest BCUT2D eigenvalue weighted by Crippen LogP contribution is -2.40. The monoisotopic (exact) mass is 461 g/mol. The highest BCUT2D eigenvalue weighted by molar-refractivity contribution is 5.95. The van der Waals surface area contributed by atoms with E-state index < -0.39 is 4.92 Å². The van der Waals surface area contributed by atoms with Gasteiger partial charge in [0.05, 0.1) is 10.4 Å². The van der Waals surface area contributed by atoms with Crippen LogP contribution in [0.25, 0.3) is 10.9 Å².